The molecule has 0 fully saturated rings. The van der Waals surface area contributed by atoms with Crippen LogP contribution in [0.15, 0.2) is 107 Å². The second-order valence-corrected chi connectivity index (χ2v) is 20.1. The Morgan fingerprint density at radius 2 is 0.816 bits per heavy atom. The van der Waals surface area contributed by atoms with Crippen LogP contribution in [-0.4, -0.2) is 168 Å². The van der Waals surface area contributed by atoms with Gasteiger partial charge in [-0.25, -0.2) is 19.6 Å². The molecular weight excluding hydrogens is 1040 g/mol. The molecule has 0 saturated carbocycles. The van der Waals surface area contributed by atoms with Crippen molar-refractivity contribution in [2.75, 3.05) is 53.6 Å². The molecule has 410 valence electrons. The summed E-state index contributed by atoms with van der Waals surface area (Å²) in [5, 5.41) is 38.8. The van der Waals surface area contributed by atoms with Crippen molar-refractivity contribution in [2.45, 2.75) is 38.0 Å². The molecule has 0 aliphatic rings. The van der Waals surface area contributed by atoms with Gasteiger partial charge >= 0.3 is 35.8 Å². The van der Waals surface area contributed by atoms with Gasteiger partial charge in [0.05, 0.1) is 61.8 Å². The highest BCUT2D eigenvalue weighted by molar-refractivity contribution is 7.87. The van der Waals surface area contributed by atoms with Crippen molar-refractivity contribution in [3.05, 3.63) is 119 Å². The van der Waals surface area contributed by atoms with Gasteiger partial charge in [-0.05, 0) is 83.9 Å². The van der Waals surface area contributed by atoms with Crippen molar-refractivity contribution in [3.8, 4) is 11.5 Å². The molecular formula is C46H56N10O18S2. The Bertz CT molecular complexity index is 2760. The smallest absolute Gasteiger partial charge is 0.343 e. The zero-order valence-electron chi connectivity index (χ0n) is 40.8. The fourth-order valence-electron chi connectivity index (χ4n) is 6.79. The molecule has 0 aromatic heterocycles. The molecule has 0 heterocycles. The van der Waals surface area contributed by atoms with E-state index in [2.05, 4.69) is 9.98 Å². The maximum atomic E-state index is 13.9. The molecule has 12 N–H and O–H groups in total. The molecule has 28 nitrogen and oxygen atoms in total. The molecule has 0 aliphatic heterocycles. The predicted octanol–water partition coefficient (Wildman–Crippen LogP) is 0.481. The van der Waals surface area contributed by atoms with Crippen LogP contribution in [0, 0.1) is 0 Å². The molecule has 76 heavy (non-hydrogen) atoms. The zero-order valence-corrected chi connectivity index (χ0v) is 42.4. The van der Waals surface area contributed by atoms with Crippen molar-refractivity contribution in [2.24, 2.45) is 32.9 Å². The van der Waals surface area contributed by atoms with Gasteiger partial charge < -0.3 is 62.3 Å². The summed E-state index contributed by atoms with van der Waals surface area (Å²) in [4.78, 5) is 81.0. The van der Waals surface area contributed by atoms with Gasteiger partial charge in [0, 0.05) is 40.3 Å². The number of aliphatic carboxylic acids is 4. The van der Waals surface area contributed by atoms with E-state index in [-0.39, 0.29) is 60.8 Å². The van der Waals surface area contributed by atoms with Crippen LogP contribution in [0.5, 0.6) is 11.5 Å². The summed E-state index contributed by atoms with van der Waals surface area (Å²) in [7, 11) is -7.23. The molecule has 30 heteroatoms. The number of hydrogen-bond acceptors (Lipinski definition) is 16. The number of nitrogens with two attached hydrogens (primary N) is 4. The minimum Gasteiger partial charge on any atom is -0.481 e. The van der Waals surface area contributed by atoms with Crippen LogP contribution in [0.4, 0.5) is 11.4 Å². The van der Waals surface area contributed by atoms with E-state index in [9.17, 15) is 66.0 Å². The first-order valence-electron chi connectivity index (χ1n) is 22.3. The lowest BCUT2D eigenvalue weighted by Gasteiger charge is -2.31. The van der Waals surface area contributed by atoms with Crippen LogP contribution < -0.4 is 32.4 Å². The number of hydrogen-bond donors (Lipinski definition) is 8. The maximum absolute atomic E-state index is 13.9. The molecule has 4 aromatic rings. The third-order valence-electron chi connectivity index (χ3n) is 10.5. The van der Waals surface area contributed by atoms with Crippen LogP contribution in [0.2, 0.25) is 0 Å². The Labute approximate surface area is 435 Å². The van der Waals surface area contributed by atoms with E-state index < -0.39 is 107 Å². The number of carboxylic acid groups (broad SMARTS) is 4. The monoisotopic (exact) mass is 1100 g/mol. The van der Waals surface area contributed by atoms with Gasteiger partial charge in [-0.1, -0.05) is 24.3 Å². The van der Waals surface area contributed by atoms with Gasteiger partial charge in [0.15, 0.2) is 11.9 Å². The van der Waals surface area contributed by atoms with Crippen LogP contribution >= 0.6 is 0 Å². The van der Waals surface area contributed by atoms with E-state index in [1.165, 1.54) is 97.1 Å². The topological polar surface area (TPSA) is 430 Å². The fraction of sp³-hybridized carbons (Fsp3) is 0.304. The summed E-state index contributed by atoms with van der Waals surface area (Å²) in [5.41, 5.74) is 23.3. The maximum Gasteiger partial charge on any atom is 0.343 e. The van der Waals surface area contributed by atoms with Crippen molar-refractivity contribution in [1.82, 2.24) is 17.2 Å². The minimum absolute atomic E-state index is 0.103. The first-order valence-corrected chi connectivity index (χ1v) is 25.1. The lowest BCUT2D eigenvalue weighted by molar-refractivity contribution is -0.148. The van der Waals surface area contributed by atoms with E-state index >= 15 is 0 Å². The number of nitrogens with zero attached hydrogens (tertiary/aromatic N) is 6. The number of rotatable bonds is 31. The van der Waals surface area contributed by atoms with Crippen LogP contribution in [-0.2, 0) is 62.2 Å². The van der Waals surface area contributed by atoms with Crippen LogP contribution in [0.3, 0.4) is 0 Å². The quantitative estimate of drug-likeness (QED) is 0.0112. The second kappa shape index (κ2) is 28.0. The number of carbonyl (C=O) groups is 6. The molecule has 4 rings (SSSR count). The van der Waals surface area contributed by atoms with Crippen molar-refractivity contribution >= 4 is 79.5 Å². The molecule has 2 atom stereocenters. The number of guanidine groups is 2. The summed E-state index contributed by atoms with van der Waals surface area (Å²) < 4.78 is 79.6. The Morgan fingerprint density at radius 1 is 0.500 bits per heavy atom. The highest BCUT2D eigenvalue weighted by Gasteiger charge is 2.40. The average molecular weight is 1100 g/mol. The highest BCUT2D eigenvalue weighted by Crippen LogP contribution is 2.23. The van der Waals surface area contributed by atoms with Crippen molar-refractivity contribution < 1.29 is 85.0 Å². The summed E-state index contributed by atoms with van der Waals surface area (Å²) >= 11 is 0. The van der Waals surface area contributed by atoms with Gasteiger partial charge in [0.1, 0.15) is 23.6 Å². The molecule has 2 unspecified atom stereocenters. The lowest BCUT2D eigenvalue weighted by Crippen LogP contribution is -2.52. The molecule has 0 amide bonds. The average Bonchev–Trinajstić information content (AvgIpc) is 3.34. The number of benzene rings is 4. The van der Waals surface area contributed by atoms with Crippen LogP contribution in [0.25, 0.3) is 0 Å². The lowest BCUT2D eigenvalue weighted by atomic mass is 10.2. The number of ether oxygens (including phenoxy) is 4. The van der Waals surface area contributed by atoms with Gasteiger partial charge in [0.25, 0.3) is 20.4 Å². The SMILES string of the molecule is CN(Cc1ccc(OC(=O)c2ccc(N=C(N)N)cc2)cc1)S(=O)(=O)N(CCOCCOCCN(C(CC(=O)O)C(=O)O)S(=O)(=O)N(C)Cc1ccc(OC(=O)c2ccc(N=C(N)N)cc2)cc1)C(CC(=O)O)C(=O)O. The van der Waals surface area contributed by atoms with Crippen molar-refractivity contribution in [3.63, 3.8) is 0 Å². The van der Waals surface area contributed by atoms with E-state index in [4.69, 9.17) is 41.9 Å². The highest BCUT2D eigenvalue weighted by atomic mass is 32.2. The fourth-order valence-corrected chi connectivity index (χ4v) is 9.71. The number of aliphatic imine (C=N–C) groups is 2. The van der Waals surface area contributed by atoms with E-state index in [1.807, 2.05) is 0 Å². The Morgan fingerprint density at radius 3 is 1.09 bits per heavy atom. The van der Waals surface area contributed by atoms with Crippen LogP contribution in [0.1, 0.15) is 44.7 Å². The molecule has 0 saturated heterocycles. The van der Waals surface area contributed by atoms with Gasteiger partial charge in [0.2, 0.25) is 0 Å². The van der Waals surface area contributed by atoms with E-state index in [0.29, 0.717) is 31.1 Å². The predicted molar refractivity (Wildman–Crippen MR) is 270 cm³/mol. The molecule has 0 bridgehead atoms. The Kier molecular flexibility index (Phi) is 22.3. The third-order valence-corrected chi connectivity index (χ3v) is 14.4. The summed E-state index contributed by atoms with van der Waals surface area (Å²) in [6.45, 7) is -3.67. The first-order chi connectivity index (χ1) is 35.8. The summed E-state index contributed by atoms with van der Waals surface area (Å²) in [5.74, 6) is -8.35. The Balaban J connectivity index is 1.35. The minimum atomic E-state index is -4.74. The van der Waals surface area contributed by atoms with Gasteiger partial charge in [-0.3, -0.25) is 19.2 Å². The largest absolute Gasteiger partial charge is 0.481 e. The second-order valence-electron chi connectivity index (χ2n) is 16.1. The number of esters is 2. The van der Waals surface area contributed by atoms with E-state index in [0.717, 1.165) is 22.7 Å². The molecule has 0 aliphatic carbocycles. The normalized spacial score (nSPS) is 12.4. The van der Waals surface area contributed by atoms with E-state index in [1.54, 1.807) is 0 Å². The zero-order chi connectivity index (χ0) is 56.3. The number of carboxylic acids is 4. The molecule has 0 spiro atoms. The summed E-state index contributed by atoms with van der Waals surface area (Å²) in [6, 6.07) is 18.9. The first kappa shape index (κ1) is 60.5. The van der Waals surface area contributed by atoms with Crippen molar-refractivity contribution in [1.29, 1.82) is 0 Å². The van der Waals surface area contributed by atoms with Gasteiger partial charge in [-0.15, -0.1) is 0 Å². The number of carbonyl (C=O) groups excluding carboxylic acids is 2. The van der Waals surface area contributed by atoms with Gasteiger partial charge in [-0.2, -0.15) is 34.1 Å². The molecule has 4 aromatic carbocycles. The standard InChI is InChI=1S/C46H56N10O18S2/c1-53(27-29-3-15-35(16-4-29)73-43(65)31-7-11-33(12-8-31)51-45(47)48)75(67,68)55(37(41(61)62)25-39(57)58)19-21-71-23-24-72-22-20-56(38(42(63)64)26-40(59)60)76(69,70)54(2)28-30-5-17-36(18-6-30)74-44(66)32-9-13-34(14-10-32)52-46(49)50/h3-18,37-38H,19-28H2,1-2H3,(H,57,58)(H,59,60)(H,61,62)(H,63,64)(H4,47,48,51)(H4,49,50,52). The Hall–Kier alpha value is -8.10. The summed E-state index contributed by atoms with van der Waals surface area (Å²) in [6.07, 6.45) is -2.25. The molecule has 0 radical (unpaired) electrons. The third kappa shape index (κ3) is 18.4.